The highest BCUT2D eigenvalue weighted by atomic mass is 16.5. The van der Waals surface area contributed by atoms with Gasteiger partial charge in [-0.15, -0.1) is 0 Å². The van der Waals surface area contributed by atoms with Crippen LogP contribution in [0.4, 0.5) is 0 Å². The summed E-state index contributed by atoms with van der Waals surface area (Å²) in [5.74, 6) is 1.82. The number of phenolic OH excluding ortho intramolecular Hbond substituents is 1. The van der Waals surface area contributed by atoms with Crippen molar-refractivity contribution in [3.05, 3.63) is 78.9 Å². The SMILES string of the molecule is COc1cccc(-c2cc(-c3cccc(OC)c3)c3ccccc3c2O)c1. The summed E-state index contributed by atoms with van der Waals surface area (Å²) in [6.07, 6.45) is 0. The number of methoxy groups -OCH3 is 2. The van der Waals surface area contributed by atoms with E-state index in [4.69, 9.17) is 9.47 Å². The predicted octanol–water partition coefficient (Wildman–Crippen LogP) is 5.90. The molecule has 0 amide bonds. The van der Waals surface area contributed by atoms with E-state index in [2.05, 4.69) is 6.07 Å². The van der Waals surface area contributed by atoms with E-state index >= 15 is 0 Å². The van der Waals surface area contributed by atoms with Gasteiger partial charge >= 0.3 is 0 Å². The lowest BCUT2D eigenvalue weighted by atomic mass is 9.92. The fraction of sp³-hybridized carbons (Fsp3) is 0.0833. The summed E-state index contributed by atoms with van der Waals surface area (Å²) < 4.78 is 10.7. The largest absolute Gasteiger partial charge is 0.507 e. The Morgan fingerprint density at radius 1 is 0.593 bits per heavy atom. The smallest absolute Gasteiger partial charge is 0.131 e. The van der Waals surface area contributed by atoms with Gasteiger partial charge in [-0.3, -0.25) is 0 Å². The summed E-state index contributed by atoms with van der Waals surface area (Å²) in [6, 6.07) is 25.6. The van der Waals surface area contributed by atoms with Crippen molar-refractivity contribution >= 4 is 10.8 Å². The Balaban J connectivity index is 2.02. The average Bonchev–Trinajstić information content (AvgIpc) is 2.74. The van der Waals surface area contributed by atoms with Crippen molar-refractivity contribution in [3.8, 4) is 39.5 Å². The molecule has 0 fully saturated rings. The second-order valence-electron chi connectivity index (χ2n) is 6.33. The van der Waals surface area contributed by atoms with Crippen molar-refractivity contribution < 1.29 is 14.6 Å². The van der Waals surface area contributed by atoms with Crippen LogP contribution in [-0.4, -0.2) is 19.3 Å². The molecule has 4 rings (SSSR count). The predicted molar refractivity (Wildman–Crippen MR) is 110 cm³/mol. The second kappa shape index (κ2) is 7.04. The first-order chi connectivity index (χ1) is 13.2. The van der Waals surface area contributed by atoms with Crippen LogP contribution in [0.15, 0.2) is 78.9 Å². The lowest BCUT2D eigenvalue weighted by molar-refractivity contribution is 0.415. The van der Waals surface area contributed by atoms with Crippen molar-refractivity contribution in [2.24, 2.45) is 0 Å². The third-order valence-electron chi connectivity index (χ3n) is 4.78. The minimum Gasteiger partial charge on any atom is -0.507 e. The van der Waals surface area contributed by atoms with E-state index in [1.807, 2.05) is 72.8 Å². The van der Waals surface area contributed by atoms with Crippen molar-refractivity contribution in [3.63, 3.8) is 0 Å². The molecule has 4 aromatic rings. The van der Waals surface area contributed by atoms with Crippen LogP contribution in [0.5, 0.6) is 17.2 Å². The van der Waals surface area contributed by atoms with E-state index in [0.29, 0.717) is 0 Å². The van der Waals surface area contributed by atoms with E-state index in [-0.39, 0.29) is 5.75 Å². The lowest BCUT2D eigenvalue weighted by Crippen LogP contribution is -1.89. The van der Waals surface area contributed by atoms with Crippen molar-refractivity contribution in [2.45, 2.75) is 0 Å². The van der Waals surface area contributed by atoms with Crippen LogP contribution in [0.2, 0.25) is 0 Å². The fourth-order valence-electron chi connectivity index (χ4n) is 3.40. The third-order valence-corrected chi connectivity index (χ3v) is 4.78. The van der Waals surface area contributed by atoms with Crippen molar-refractivity contribution in [2.75, 3.05) is 14.2 Å². The molecule has 134 valence electrons. The summed E-state index contributed by atoms with van der Waals surface area (Å²) in [5, 5.41) is 12.8. The maximum absolute atomic E-state index is 11.0. The van der Waals surface area contributed by atoms with Crippen LogP contribution in [0.1, 0.15) is 0 Å². The van der Waals surface area contributed by atoms with Crippen LogP contribution in [-0.2, 0) is 0 Å². The molecule has 0 saturated heterocycles. The van der Waals surface area contributed by atoms with Gasteiger partial charge in [0.15, 0.2) is 0 Å². The quantitative estimate of drug-likeness (QED) is 0.495. The van der Waals surface area contributed by atoms with Gasteiger partial charge in [-0.25, -0.2) is 0 Å². The maximum Gasteiger partial charge on any atom is 0.131 e. The van der Waals surface area contributed by atoms with Gasteiger partial charge in [-0.2, -0.15) is 0 Å². The molecule has 0 aliphatic heterocycles. The van der Waals surface area contributed by atoms with E-state index in [9.17, 15) is 5.11 Å². The van der Waals surface area contributed by atoms with Gasteiger partial charge < -0.3 is 14.6 Å². The molecule has 0 heterocycles. The molecule has 0 atom stereocenters. The Bertz CT molecular complexity index is 1120. The highest BCUT2D eigenvalue weighted by Crippen LogP contribution is 2.42. The topological polar surface area (TPSA) is 38.7 Å². The van der Waals surface area contributed by atoms with E-state index in [1.165, 1.54) is 0 Å². The Morgan fingerprint density at radius 3 is 1.74 bits per heavy atom. The number of rotatable bonds is 4. The van der Waals surface area contributed by atoms with Crippen LogP contribution >= 0.6 is 0 Å². The number of ether oxygens (including phenoxy) is 2. The molecular formula is C24H20O3. The second-order valence-corrected chi connectivity index (χ2v) is 6.33. The van der Waals surface area contributed by atoms with Crippen LogP contribution < -0.4 is 9.47 Å². The van der Waals surface area contributed by atoms with Gasteiger partial charge in [0.2, 0.25) is 0 Å². The molecule has 0 spiro atoms. The molecule has 0 saturated carbocycles. The highest BCUT2D eigenvalue weighted by molar-refractivity contribution is 6.04. The number of hydrogen-bond donors (Lipinski definition) is 1. The minimum absolute atomic E-state index is 0.269. The molecule has 1 N–H and O–H groups in total. The normalized spacial score (nSPS) is 10.7. The first-order valence-corrected chi connectivity index (χ1v) is 8.75. The first kappa shape index (κ1) is 17.0. The van der Waals surface area contributed by atoms with Gasteiger partial charge in [-0.05, 0) is 52.4 Å². The Kier molecular flexibility index (Phi) is 4.43. The number of aromatic hydroxyl groups is 1. The zero-order chi connectivity index (χ0) is 18.8. The van der Waals surface area contributed by atoms with E-state index in [0.717, 1.165) is 44.5 Å². The minimum atomic E-state index is 0.269. The monoisotopic (exact) mass is 356 g/mol. The Labute approximate surface area is 158 Å². The fourth-order valence-corrected chi connectivity index (χ4v) is 3.40. The Hall–Kier alpha value is -3.46. The number of hydrogen-bond acceptors (Lipinski definition) is 3. The van der Waals surface area contributed by atoms with E-state index < -0.39 is 0 Å². The van der Waals surface area contributed by atoms with Crippen LogP contribution in [0.25, 0.3) is 33.0 Å². The van der Waals surface area contributed by atoms with Gasteiger partial charge in [0.1, 0.15) is 17.2 Å². The number of phenols is 1. The molecule has 0 aromatic heterocycles. The third kappa shape index (κ3) is 3.08. The highest BCUT2D eigenvalue weighted by Gasteiger charge is 2.15. The molecule has 3 heteroatoms. The molecular weight excluding hydrogens is 336 g/mol. The zero-order valence-corrected chi connectivity index (χ0v) is 15.3. The summed E-state index contributed by atoms with van der Waals surface area (Å²) in [5.41, 5.74) is 3.75. The molecule has 0 aliphatic rings. The summed E-state index contributed by atoms with van der Waals surface area (Å²) in [4.78, 5) is 0. The maximum atomic E-state index is 11.0. The first-order valence-electron chi connectivity index (χ1n) is 8.75. The van der Waals surface area contributed by atoms with Crippen LogP contribution in [0, 0.1) is 0 Å². The summed E-state index contributed by atoms with van der Waals surface area (Å²) in [7, 11) is 3.30. The molecule has 0 unspecified atom stereocenters. The molecule has 27 heavy (non-hydrogen) atoms. The Morgan fingerprint density at radius 2 is 1.15 bits per heavy atom. The van der Waals surface area contributed by atoms with Crippen molar-refractivity contribution in [1.29, 1.82) is 0 Å². The summed E-state index contributed by atoms with van der Waals surface area (Å²) >= 11 is 0. The van der Waals surface area contributed by atoms with Gasteiger partial charge in [0, 0.05) is 10.9 Å². The molecule has 0 bridgehead atoms. The van der Waals surface area contributed by atoms with Gasteiger partial charge in [0.25, 0.3) is 0 Å². The summed E-state index contributed by atoms with van der Waals surface area (Å²) in [6.45, 7) is 0. The average molecular weight is 356 g/mol. The van der Waals surface area contributed by atoms with E-state index in [1.54, 1.807) is 14.2 Å². The number of fused-ring (bicyclic) bond motifs is 1. The van der Waals surface area contributed by atoms with Crippen molar-refractivity contribution in [1.82, 2.24) is 0 Å². The standard InChI is InChI=1S/C24H20O3/c1-26-18-9-5-7-16(13-18)22-15-23(17-8-6-10-19(14-17)27-2)24(25)21-12-4-3-11-20(21)22/h3-15,25H,1-2H3. The molecule has 4 aromatic carbocycles. The molecule has 3 nitrogen and oxygen atoms in total. The van der Waals surface area contributed by atoms with Gasteiger partial charge in [-0.1, -0.05) is 48.5 Å². The van der Waals surface area contributed by atoms with Crippen LogP contribution in [0.3, 0.4) is 0 Å². The molecule has 0 aliphatic carbocycles. The lowest BCUT2D eigenvalue weighted by Gasteiger charge is -2.15. The van der Waals surface area contributed by atoms with Gasteiger partial charge in [0.05, 0.1) is 14.2 Å². The molecule has 0 radical (unpaired) electrons. The zero-order valence-electron chi connectivity index (χ0n) is 15.3. The number of benzene rings is 4.